The first-order valence-corrected chi connectivity index (χ1v) is 12.1. The van der Waals surface area contributed by atoms with Gasteiger partial charge in [-0.2, -0.15) is 5.26 Å². The number of aromatic nitrogens is 3. The van der Waals surface area contributed by atoms with Crippen molar-refractivity contribution in [2.75, 3.05) is 6.54 Å². The number of carbonyl (C=O) groups excluding carboxylic acids is 1. The monoisotopic (exact) mass is 476 g/mol. The van der Waals surface area contributed by atoms with Crippen LogP contribution in [0, 0.1) is 11.3 Å². The number of imidazole rings is 1. The standard InChI is InChI=1S/C29H28N6O/c30-15-23-8-10-25(11-9-23)19-35-22-32-17-27(35)21-34(20-26-7-4-13-31-16-26)28-12-14-33(29(28)36)18-24-5-2-1-3-6-24/h1-11,13,16-17,22,28H,12,14,18-21H2/t28-/m0/s1. The van der Waals surface area contributed by atoms with Gasteiger partial charge in [0.2, 0.25) is 5.91 Å². The number of likely N-dealkylation sites (tertiary alicyclic amines) is 1. The van der Waals surface area contributed by atoms with Gasteiger partial charge in [-0.15, -0.1) is 0 Å². The molecule has 0 spiro atoms. The van der Waals surface area contributed by atoms with E-state index < -0.39 is 0 Å². The minimum absolute atomic E-state index is 0.168. The highest BCUT2D eigenvalue weighted by Crippen LogP contribution is 2.24. The molecular weight excluding hydrogens is 448 g/mol. The van der Waals surface area contributed by atoms with Crippen molar-refractivity contribution in [1.29, 1.82) is 5.26 Å². The van der Waals surface area contributed by atoms with Gasteiger partial charge in [0.25, 0.3) is 0 Å². The third-order valence-electron chi connectivity index (χ3n) is 6.63. The van der Waals surface area contributed by atoms with E-state index >= 15 is 0 Å². The maximum Gasteiger partial charge on any atom is 0.240 e. The Labute approximate surface area is 211 Å². The normalized spacial score (nSPS) is 15.4. The summed E-state index contributed by atoms with van der Waals surface area (Å²) >= 11 is 0. The van der Waals surface area contributed by atoms with Crippen molar-refractivity contribution in [2.45, 2.75) is 38.6 Å². The summed E-state index contributed by atoms with van der Waals surface area (Å²) in [6, 6.07) is 23.7. The predicted octanol–water partition coefficient (Wildman–Crippen LogP) is 4.00. The lowest BCUT2D eigenvalue weighted by Gasteiger charge is -2.28. The van der Waals surface area contributed by atoms with Gasteiger partial charge in [0, 0.05) is 51.3 Å². The molecule has 2 aromatic carbocycles. The zero-order valence-electron chi connectivity index (χ0n) is 20.1. The Morgan fingerprint density at radius 3 is 2.42 bits per heavy atom. The first-order valence-electron chi connectivity index (χ1n) is 12.1. The van der Waals surface area contributed by atoms with Gasteiger partial charge < -0.3 is 9.47 Å². The number of hydrogen-bond acceptors (Lipinski definition) is 5. The highest BCUT2D eigenvalue weighted by Gasteiger charge is 2.36. The zero-order valence-corrected chi connectivity index (χ0v) is 20.1. The molecule has 1 atom stereocenters. The van der Waals surface area contributed by atoms with Crippen LogP contribution < -0.4 is 0 Å². The van der Waals surface area contributed by atoms with Gasteiger partial charge in [-0.1, -0.05) is 48.5 Å². The molecular formula is C29H28N6O. The van der Waals surface area contributed by atoms with E-state index in [1.54, 1.807) is 6.20 Å². The van der Waals surface area contributed by atoms with E-state index in [9.17, 15) is 4.79 Å². The number of amides is 1. The van der Waals surface area contributed by atoms with Crippen LogP contribution in [-0.4, -0.2) is 42.8 Å². The predicted molar refractivity (Wildman–Crippen MR) is 136 cm³/mol. The second kappa shape index (κ2) is 11.0. The molecule has 0 aliphatic carbocycles. The second-order valence-corrected chi connectivity index (χ2v) is 9.14. The molecule has 2 aromatic heterocycles. The second-order valence-electron chi connectivity index (χ2n) is 9.14. The molecule has 0 bridgehead atoms. The first-order chi connectivity index (χ1) is 17.7. The van der Waals surface area contributed by atoms with E-state index in [2.05, 4.69) is 43.7 Å². The number of nitriles is 1. The van der Waals surface area contributed by atoms with Crippen LogP contribution in [0.5, 0.6) is 0 Å². The zero-order chi connectivity index (χ0) is 24.7. The van der Waals surface area contributed by atoms with Crippen molar-refractivity contribution >= 4 is 5.91 Å². The Morgan fingerprint density at radius 1 is 0.889 bits per heavy atom. The third-order valence-corrected chi connectivity index (χ3v) is 6.63. The van der Waals surface area contributed by atoms with Crippen molar-refractivity contribution in [2.24, 2.45) is 0 Å². The van der Waals surface area contributed by atoms with Crippen LogP contribution in [0.2, 0.25) is 0 Å². The molecule has 1 saturated heterocycles. The molecule has 1 aliphatic rings. The van der Waals surface area contributed by atoms with E-state index in [1.807, 2.05) is 72.2 Å². The summed E-state index contributed by atoms with van der Waals surface area (Å²) in [7, 11) is 0. The van der Waals surface area contributed by atoms with Crippen molar-refractivity contribution in [3.05, 3.63) is 120 Å². The summed E-state index contributed by atoms with van der Waals surface area (Å²) in [6.07, 6.45) is 8.12. The molecule has 0 radical (unpaired) electrons. The highest BCUT2D eigenvalue weighted by atomic mass is 16.2. The summed E-state index contributed by atoms with van der Waals surface area (Å²) in [4.78, 5) is 26.4. The topological polar surface area (TPSA) is 78.1 Å². The molecule has 36 heavy (non-hydrogen) atoms. The largest absolute Gasteiger partial charge is 0.337 e. The fourth-order valence-electron chi connectivity index (χ4n) is 4.74. The van der Waals surface area contributed by atoms with Gasteiger partial charge in [0.05, 0.1) is 29.7 Å². The Kier molecular flexibility index (Phi) is 7.15. The van der Waals surface area contributed by atoms with Gasteiger partial charge >= 0.3 is 0 Å². The number of nitrogens with zero attached hydrogens (tertiary/aromatic N) is 6. The molecule has 180 valence electrons. The Balaban J connectivity index is 1.35. The quantitative estimate of drug-likeness (QED) is 0.365. The average Bonchev–Trinajstić information content (AvgIpc) is 3.51. The lowest BCUT2D eigenvalue weighted by atomic mass is 10.1. The highest BCUT2D eigenvalue weighted by molar-refractivity contribution is 5.84. The third kappa shape index (κ3) is 5.51. The number of hydrogen-bond donors (Lipinski definition) is 0. The van der Waals surface area contributed by atoms with Crippen LogP contribution >= 0.6 is 0 Å². The molecule has 4 aromatic rings. The average molecular weight is 477 g/mol. The lowest BCUT2D eigenvalue weighted by Crippen LogP contribution is -2.41. The molecule has 0 saturated carbocycles. The molecule has 0 N–H and O–H groups in total. The smallest absolute Gasteiger partial charge is 0.240 e. The van der Waals surface area contributed by atoms with Crippen molar-refractivity contribution < 1.29 is 4.79 Å². The van der Waals surface area contributed by atoms with Crippen molar-refractivity contribution in [1.82, 2.24) is 24.3 Å². The molecule has 1 aliphatic heterocycles. The van der Waals surface area contributed by atoms with E-state index in [4.69, 9.17) is 5.26 Å². The number of rotatable bonds is 9. The van der Waals surface area contributed by atoms with Crippen molar-refractivity contribution in [3.8, 4) is 6.07 Å². The maximum absolute atomic E-state index is 13.5. The minimum atomic E-state index is -0.202. The Bertz CT molecular complexity index is 1330. The van der Waals surface area contributed by atoms with Crippen molar-refractivity contribution in [3.63, 3.8) is 0 Å². The fourth-order valence-corrected chi connectivity index (χ4v) is 4.74. The van der Waals surface area contributed by atoms with Crippen LogP contribution in [0.3, 0.4) is 0 Å². The number of carbonyl (C=O) groups is 1. The summed E-state index contributed by atoms with van der Waals surface area (Å²) < 4.78 is 2.11. The van der Waals surface area contributed by atoms with Gasteiger partial charge in [-0.05, 0) is 41.3 Å². The Hall–Kier alpha value is -4.28. The number of benzene rings is 2. The van der Waals surface area contributed by atoms with Crippen LogP contribution in [0.25, 0.3) is 0 Å². The first kappa shape index (κ1) is 23.5. The van der Waals surface area contributed by atoms with E-state index in [-0.39, 0.29) is 11.9 Å². The summed E-state index contributed by atoms with van der Waals surface area (Å²) in [5.41, 5.74) is 5.00. The molecule has 3 heterocycles. The summed E-state index contributed by atoms with van der Waals surface area (Å²) in [5, 5.41) is 9.07. The SMILES string of the molecule is N#Cc1ccc(Cn2cncc2CN(Cc2cccnc2)[C@H]2CCN(Cc3ccccc3)C2=O)cc1. The molecule has 1 amide bonds. The fraction of sp³-hybridized carbons (Fsp3) is 0.241. The van der Waals surface area contributed by atoms with Gasteiger partial charge in [0.15, 0.2) is 0 Å². The number of pyridine rings is 1. The maximum atomic E-state index is 13.5. The van der Waals surface area contributed by atoms with Gasteiger partial charge in [0.1, 0.15) is 0 Å². The van der Waals surface area contributed by atoms with E-state index in [0.717, 1.165) is 35.3 Å². The van der Waals surface area contributed by atoms with Crippen LogP contribution in [-0.2, 0) is 31.0 Å². The molecule has 5 rings (SSSR count). The lowest BCUT2D eigenvalue weighted by molar-refractivity contribution is -0.133. The van der Waals surface area contributed by atoms with E-state index in [0.29, 0.717) is 31.7 Å². The van der Waals surface area contributed by atoms with Crippen LogP contribution in [0.1, 0.15) is 34.4 Å². The summed E-state index contributed by atoms with van der Waals surface area (Å²) in [6.45, 7) is 3.26. The minimum Gasteiger partial charge on any atom is -0.337 e. The van der Waals surface area contributed by atoms with Crippen LogP contribution in [0.15, 0.2) is 91.6 Å². The molecule has 7 heteroatoms. The molecule has 0 unspecified atom stereocenters. The Morgan fingerprint density at radius 2 is 1.67 bits per heavy atom. The van der Waals surface area contributed by atoms with Gasteiger partial charge in [-0.3, -0.25) is 14.7 Å². The van der Waals surface area contributed by atoms with Gasteiger partial charge in [-0.25, -0.2) is 4.98 Å². The van der Waals surface area contributed by atoms with E-state index in [1.165, 1.54) is 0 Å². The van der Waals surface area contributed by atoms with Crippen LogP contribution in [0.4, 0.5) is 0 Å². The molecule has 7 nitrogen and oxygen atoms in total. The summed E-state index contributed by atoms with van der Waals surface area (Å²) in [5.74, 6) is 0.168. The molecule has 1 fully saturated rings.